The van der Waals surface area contributed by atoms with Crippen LogP contribution in [0.25, 0.3) is 0 Å². The number of sulfonamides is 1. The first kappa shape index (κ1) is 18.7. The van der Waals surface area contributed by atoms with Gasteiger partial charge in [-0.15, -0.1) is 0 Å². The lowest BCUT2D eigenvalue weighted by molar-refractivity contribution is 0.394. The second-order valence-electron chi connectivity index (χ2n) is 6.76. The number of hydrogen-bond donors (Lipinski definition) is 3. The van der Waals surface area contributed by atoms with Crippen molar-refractivity contribution in [3.05, 3.63) is 11.6 Å². The number of aliphatic imine (C=N–C) groups is 1. The maximum absolute atomic E-state index is 11.4. The summed E-state index contributed by atoms with van der Waals surface area (Å²) in [6.07, 6.45) is 3.12. The predicted molar refractivity (Wildman–Crippen MR) is 93.3 cm³/mol. The van der Waals surface area contributed by atoms with Crippen LogP contribution >= 0.6 is 0 Å². The van der Waals surface area contributed by atoms with E-state index in [2.05, 4.69) is 30.4 Å². The third-order valence-electron chi connectivity index (χ3n) is 3.67. The fourth-order valence-corrected chi connectivity index (χ4v) is 3.88. The van der Waals surface area contributed by atoms with Gasteiger partial charge in [0.15, 0.2) is 5.96 Å². The minimum absolute atomic E-state index is 0.0390. The monoisotopic (exact) mass is 357 g/mol. The summed E-state index contributed by atoms with van der Waals surface area (Å²) in [7, 11) is -1.59. The number of nitrogens with zero attached hydrogens (tertiary/aromatic N) is 4. The first-order valence-electron chi connectivity index (χ1n) is 7.97. The molecule has 2 rings (SSSR count). The standard InChI is InChI=1S/C14H27N7O2S/c1-10-17-12-11(7-6-8-21(12)19-10)18-13(15-4)16-9-14(2,3)20-24(5,22)23/h11,20H,6-9H2,1-5H3,(H2,15,16,18). The van der Waals surface area contributed by atoms with Crippen LogP contribution in [0.15, 0.2) is 4.99 Å². The number of fused-ring (bicyclic) bond motifs is 1. The fourth-order valence-electron chi connectivity index (χ4n) is 2.81. The number of rotatable bonds is 5. The lowest BCUT2D eigenvalue weighted by Crippen LogP contribution is -2.53. The van der Waals surface area contributed by atoms with E-state index in [0.29, 0.717) is 12.5 Å². The van der Waals surface area contributed by atoms with E-state index in [9.17, 15) is 8.42 Å². The summed E-state index contributed by atoms with van der Waals surface area (Å²) in [4.78, 5) is 8.71. The van der Waals surface area contributed by atoms with Gasteiger partial charge in [-0.25, -0.2) is 22.8 Å². The lowest BCUT2D eigenvalue weighted by atomic mass is 10.1. The molecule has 1 atom stereocenters. The maximum atomic E-state index is 11.4. The Kier molecular flexibility index (Phi) is 5.49. The van der Waals surface area contributed by atoms with Crippen LogP contribution in [0.2, 0.25) is 0 Å². The summed E-state index contributed by atoms with van der Waals surface area (Å²) >= 11 is 0. The van der Waals surface area contributed by atoms with E-state index < -0.39 is 15.6 Å². The Balaban J connectivity index is 1.99. The molecule has 0 saturated heterocycles. The molecule has 0 radical (unpaired) electrons. The van der Waals surface area contributed by atoms with Crippen LogP contribution in [-0.4, -0.2) is 54.5 Å². The first-order valence-corrected chi connectivity index (χ1v) is 9.86. The predicted octanol–water partition coefficient (Wildman–Crippen LogP) is -0.0858. The van der Waals surface area contributed by atoms with Crippen LogP contribution in [-0.2, 0) is 16.6 Å². The molecule has 0 bridgehead atoms. The van der Waals surface area contributed by atoms with Gasteiger partial charge in [-0.3, -0.25) is 4.99 Å². The Morgan fingerprint density at radius 1 is 1.46 bits per heavy atom. The van der Waals surface area contributed by atoms with E-state index in [1.54, 1.807) is 7.05 Å². The highest BCUT2D eigenvalue weighted by Gasteiger charge is 2.26. The quantitative estimate of drug-likeness (QED) is 0.501. The Morgan fingerprint density at radius 3 is 2.79 bits per heavy atom. The average molecular weight is 357 g/mol. The molecule has 1 aliphatic heterocycles. The molecule has 1 unspecified atom stereocenters. The first-order chi connectivity index (χ1) is 11.1. The zero-order valence-corrected chi connectivity index (χ0v) is 15.7. The van der Waals surface area contributed by atoms with Gasteiger partial charge >= 0.3 is 0 Å². The zero-order chi connectivity index (χ0) is 18.0. The highest BCUT2D eigenvalue weighted by atomic mass is 32.2. The SMILES string of the molecule is CN=C(NCC(C)(C)NS(C)(=O)=O)NC1CCCn2nc(C)nc21. The van der Waals surface area contributed by atoms with Gasteiger partial charge < -0.3 is 10.6 Å². The molecule has 136 valence electrons. The lowest BCUT2D eigenvalue weighted by Gasteiger charge is -2.28. The van der Waals surface area contributed by atoms with E-state index in [1.807, 2.05) is 25.5 Å². The molecular weight excluding hydrogens is 330 g/mol. The van der Waals surface area contributed by atoms with E-state index in [-0.39, 0.29) is 6.04 Å². The third-order valence-corrected chi connectivity index (χ3v) is 4.60. The maximum Gasteiger partial charge on any atom is 0.209 e. The van der Waals surface area contributed by atoms with Crippen molar-refractivity contribution in [1.29, 1.82) is 0 Å². The van der Waals surface area contributed by atoms with Crippen molar-refractivity contribution in [3.8, 4) is 0 Å². The van der Waals surface area contributed by atoms with Gasteiger partial charge in [0.05, 0.1) is 12.3 Å². The largest absolute Gasteiger partial charge is 0.355 e. The van der Waals surface area contributed by atoms with Gasteiger partial charge in [0.25, 0.3) is 0 Å². The molecule has 9 nitrogen and oxygen atoms in total. The van der Waals surface area contributed by atoms with Gasteiger partial charge in [-0.05, 0) is 33.6 Å². The molecule has 10 heteroatoms. The summed E-state index contributed by atoms with van der Waals surface area (Å²) in [5.41, 5.74) is -0.631. The molecule has 1 aromatic heterocycles. The fraction of sp³-hybridized carbons (Fsp3) is 0.786. The molecule has 0 aromatic carbocycles. The summed E-state index contributed by atoms with van der Waals surface area (Å²) in [5, 5.41) is 10.9. The number of hydrogen-bond acceptors (Lipinski definition) is 5. The number of guanidine groups is 1. The van der Waals surface area contributed by atoms with Crippen molar-refractivity contribution < 1.29 is 8.42 Å². The summed E-state index contributed by atoms with van der Waals surface area (Å²) in [6, 6.07) is 0.0390. The molecule has 0 saturated carbocycles. The smallest absolute Gasteiger partial charge is 0.209 e. The summed E-state index contributed by atoms with van der Waals surface area (Å²) in [6.45, 7) is 6.79. The zero-order valence-electron chi connectivity index (χ0n) is 14.9. The molecule has 0 aliphatic carbocycles. The average Bonchev–Trinajstić information content (AvgIpc) is 2.81. The van der Waals surface area contributed by atoms with Gasteiger partial charge in [-0.2, -0.15) is 5.10 Å². The van der Waals surface area contributed by atoms with Crippen LogP contribution in [0.1, 0.15) is 44.4 Å². The Hall–Kier alpha value is -1.68. The Labute approximate surface area is 143 Å². The molecule has 0 amide bonds. The van der Waals surface area contributed by atoms with Crippen LogP contribution in [0, 0.1) is 6.92 Å². The number of aryl methyl sites for hydroxylation is 2. The van der Waals surface area contributed by atoms with E-state index in [4.69, 9.17) is 0 Å². The molecule has 0 fully saturated rings. The van der Waals surface area contributed by atoms with Gasteiger partial charge in [0, 0.05) is 25.7 Å². The van der Waals surface area contributed by atoms with E-state index >= 15 is 0 Å². The normalized spacial score (nSPS) is 19.0. The molecule has 1 aliphatic rings. The number of aromatic nitrogens is 3. The molecule has 0 spiro atoms. The van der Waals surface area contributed by atoms with Crippen LogP contribution in [0.4, 0.5) is 0 Å². The second-order valence-corrected chi connectivity index (χ2v) is 8.51. The van der Waals surface area contributed by atoms with E-state index in [1.165, 1.54) is 0 Å². The molecule has 2 heterocycles. The van der Waals surface area contributed by atoms with Crippen molar-refractivity contribution in [2.24, 2.45) is 4.99 Å². The van der Waals surface area contributed by atoms with Crippen molar-refractivity contribution in [2.75, 3.05) is 19.8 Å². The van der Waals surface area contributed by atoms with Gasteiger partial charge in [0.1, 0.15) is 11.6 Å². The van der Waals surface area contributed by atoms with E-state index in [0.717, 1.165) is 37.3 Å². The van der Waals surface area contributed by atoms with Gasteiger partial charge in [-0.1, -0.05) is 0 Å². The summed E-state index contributed by atoms with van der Waals surface area (Å²) in [5.74, 6) is 2.29. The molecular formula is C14H27N7O2S. The van der Waals surface area contributed by atoms with Crippen molar-refractivity contribution >= 4 is 16.0 Å². The third kappa shape index (κ3) is 5.17. The van der Waals surface area contributed by atoms with Crippen molar-refractivity contribution in [1.82, 2.24) is 30.1 Å². The topological polar surface area (TPSA) is 113 Å². The van der Waals surface area contributed by atoms with Crippen LogP contribution in [0.3, 0.4) is 0 Å². The molecule has 24 heavy (non-hydrogen) atoms. The minimum Gasteiger partial charge on any atom is -0.355 e. The Morgan fingerprint density at radius 2 is 2.17 bits per heavy atom. The van der Waals surface area contributed by atoms with Crippen LogP contribution < -0.4 is 15.4 Å². The summed E-state index contributed by atoms with van der Waals surface area (Å²) < 4.78 is 27.4. The van der Waals surface area contributed by atoms with Gasteiger partial charge in [0.2, 0.25) is 10.0 Å². The highest BCUT2D eigenvalue weighted by Crippen LogP contribution is 2.22. The Bertz CT molecular complexity index is 709. The minimum atomic E-state index is -3.27. The molecule has 3 N–H and O–H groups in total. The van der Waals surface area contributed by atoms with Crippen LogP contribution in [0.5, 0.6) is 0 Å². The van der Waals surface area contributed by atoms with Crippen molar-refractivity contribution in [3.63, 3.8) is 0 Å². The highest BCUT2D eigenvalue weighted by molar-refractivity contribution is 7.88. The van der Waals surface area contributed by atoms with Crippen molar-refractivity contribution in [2.45, 2.75) is 51.7 Å². The molecule has 1 aromatic rings. The number of nitrogens with one attached hydrogen (secondary N) is 3. The second kappa shape index (κ2) is 7.06.